The number of urea groups is 1. The molecule has 8 nitrogen and oxygen atoms in total. The predicted molar refractivity (Wildman–Crippen MR) is 122 cm³/mol. The number of carbonyl (C=O) groups is 2. The second-order valence-corrected chi connectivity index (χ2v) is 9.20. The molecular weight excluding hydrogens is 428 g/mol. The van der Waals surface area contributed by atoms with E-state index in [0.717, 1.165) is 30.2 Å². The summed E-state index contributed by atoms with van der Waals surface area (Å²) in [7, 11) is 1.70. The standard InChI is InChI=1S/C23H28ClN6O2/c1-15-16(2)30-19-20(25-22(30)29(15)18-9-7-8-17(24)14-18)26(3)23(32)28(21(19)31)13-12-27-10-5-4-6-11-27/h7-9,14,19H,4-6,10-13H2,1-3H3/q+1. The molecule has 5 rings (SSSR count). The van der Waals surface area contributed by atoms with Gasteiger partial charge < -0.3 is 4.90 Å². The molecule has 168 valence electrons. The number of amides is 3. The third-order valence-electron chi connectivity index (χ3n) is 6.87. The van der Waals surface area contributed by atoms with E-state index in [0.29, 0.717) is 29.9 Å². The van der Waals surface area contributed by atoms with Gasteiger partial charge in [-0.2, -0.15) is 4.57 Å². The molecule has 1 unspecified atom stereocenters. The van der Waals surface area contributed by atoms with Crippen LogP contribution in [0.2, 0.25) is 5.02 Å². The first kappa shape index (κ1) is 21.2. The van der Waals surface area contributed by atoms with E-state index in [1.54, 1.807) is 7.05 Å². The van der Waals surface area contributed by atoms with Crippen LogP contribution in [0.4, 0.5) is 10.7 Å². The van der Waals surface area contributed by atoms with Gasteiger partial charge in [0.25, 0.3) is 5.91 Å². The van der Waals surface area contributed by atoms with Crippen LogP contribution in [-0.4, -0.2) is 70.3 Å². The maximum atomic E-state index is 13.6. The Kier molecular flexibility index (Phi) is 5.29. The molecular formula is C23H28ClN6O2+. The molecule has 0 radical (unpaired) electrons. The highest BCUT2D eigenvalue weighted by molar-refractivity contribution is 6.30. The van der Waals surface area contributed by atoms with Crippen LogP contribution in [0.5, 0.6) is 0 Å². The number of imide groups is 1. The van der Waals surface area contributed by atoms with Crippen LogP contribution in [0, 0.1) is 13.8 Å². The average molecular weight is 456 g/mol. The van der Waals surface area contributed by atoms with Crippen molar-refractivity contribution in [2.75, 3.05) is 33.2 Å². The zero-order valence-electron chi connectivity index (χ0n) is 18.7. The summed E-state index contributed by atoms with van der Waals surface area (Å²) in [5, 5.41) is 0.627. The fourth-order valence-electron chi connectivity index (χ4n) is 4.99. The summed E-state index contributed by atoms with van der Waals surface area (Å²) >= 11 is 6.24. The van der Waals surface area contributed by atoms with Crippen LogP contribution in [0.1, 0.15) is 36.7 Å². The average Bonchev–Trinajstić information content (AvgIpc) is 3.28. The number of aliphatic imine (C=N–C) groups is 1. The number of amidine groups is 1. The Balaban J connectivity index is 1.51. The number of imidazole rings is 1. The molecule has 1 aromatic heterocycles. The lowest BCUT2D eigenvalue weighted by Crippen LogP contribution is -2.64. The Hall–Kier alpha value is -2.71. The van der Waals surface area contributed by atoms with Gasteiger partial charge in [0.15, 0.2) is 0 Å². The highest BCUT2D eigenvalue weighted by Gasteiger charge is 2.54. The molecule has 0 spiro atoms. The summed E-state index contributed by atoms with van der Waals surface area (Å²) < 4.78 is 3.95. The smallest absolute Gasteiger partial charge is 0.302 e. The Morgan fingerprint density at radius 1 is 1.12 bits per heavy atom. The minimum Gasteiger partial charge on any atom is -0.302 e. The minimum atomic E-state index is -0.631. The maximum absolute atomic E-state index is 13.6. The number of rotatable bonds is 4. The molecule has 1 atom stereocenters. The SMILES string of the molecule is Cc1c(C)[n+]2c(n1-c1cccc(Cl)c1)N=C1C2C(=O)N(CCN2CCCCC2)C(=O)N1C. The second kappa shape index (κ2) is 8.01. The summed E-state index contributed by atoms with van der Waals surface area (Å²) in [4.78, 5) is 36.7. The highest BCUT2D eigenvalue weighted by Crippen LogP contribution is 2.33. The molecule has 9 heteroatoms. The van der Waals surface area contributed by atoms with Crippen molar-refractivity contribution in [3.63, 3.8) is 0 Å². The molecule has 0 bridgehead atoms. The van der Waals surface area contributed by atoms with Crippen molar-refractivity contribution in [2.45, 2.75) is 39.2 Å². The van der Waals surface area contributed by atoms with Crippen LogP contribution in [0.25, 0.3) is 5.69 Å². The van der Waals surface area contributed by atoms with Gasteiger partial charge in [-0.1, -0.05) is 29.1 Å². The van der Waals surface area contributed by atoms with Crippen molar-refractivity contribution in [2.24, 2.45) is 4.99 Å². The van der Waals surface area contributed by atoms with Gasteiger partial charge in [-0.15, -0.1) is 0 Å². The number of nitrogens with zero attached hydrogens (tertiary/aromatic N) is 6. The van der Waals surface area contributed by atoms with Crippen molar-refractivity contribution >= 4 is 35.3 Å². The normalized spacial score (nSPS) is 21.1. The molecule has 3 aliphatic rings. The number of aromatic nitrogens is 2. The first-order valence-electron chi connectivity index (χ1n) is 11.2. The fourth-order valence-corrected chi connectivity index (χ4v) is 5.18. The van der Waals surface area contributed by atoms with Crippen molar-refractivity contribution in [3.8, 4) is 5.69 Å². The lowest BCUT2D eigenvalue weighted by Gasteiger charge is -2.35. The van der Waals surface area contributed by atoms with E-state index in [2.05, 4.69) is 4.90 Å². The molecule has 1 aromatic carbocycles. The van der Waals surface area contributed by atoms with E-state index in [1.807, 2.05) is 47.2 Å². The molecule has 4 heterocycles. The Morgan fingerprint density at radius 3 is 2.59 bits per heavy atom. The Morgan fingerprint density at radius 2 is 1.88 bits per heavy atom. The van der Waals surface area contributed by atoms with Gasteiger partial charge in [0.1, 0.15) is 17.1 Å². The van der Waals surface area contributed by atoms with Gasteiger partial charge in [-0.3, -0.25) is 14.6 Å². The maximum Gasteiger partial charge on any atom is 0.407 e. The summed E-state index contributed by atoms with van der Waals surface area (Å²) in [5.41, 5.74) is 2.80. The Labute approximate surface area is 192 Å². The molecule has 0 aliphatic carbocycles. The number of hydrogen-bond donors (Lipinski definition) is 0. The van der Waals surface area contributed by atoms with Crippen molar-refractivity contribution in [1.82, 2.24) is 19.3 Å². The van der Waals surface area contributed by atoms with Crippen molar-refractivity contribution < 1.29 is 14.2 Å². The zero-order valence-corrected chi connectivity index (χ0v) is 19.5. The summed E-state index contributed by atoms with van der Waals surface area (Å²) in [5.74, 6) is 0.898. The first-order valence-corrected chi connectivity index (χ1v) is 11.6. The highest BCUT2D eigenvalue weighted by atomic mass is 35.5. The van der Waals surface area contributed by atoms with Crippen LogP contribution in [0.3, 0.4) is 0 Å². The summed E-state index contributed by atoms with van der Waals surface area (Å²) in [6.45, 7) is 7.16. The topological polar surface area (TPSA) is 65.0 Å². The molecule has 32 heavy (non-hydrogen) atoms. The van der Waals surface area contributed by atoms with E-state index in [-0.39, 0.29) is 11.9 Å². The van der Waals surface area contributed by atoms with Gasteiger partial charge in [0.2, 0.25) is 11.9 Å². The van der Waals surface area contributed by atoms with Gasteiger partial charge in [-0.25, -0.2) is 9.36 Å². The summed E-state index contributed by atoms with van der Waals surface area (Å²) in [6.07, 6.45) is 3.61. The van der Waals surface area contributed by atoms with Crippen LogP contribution >= 0.6 is 11.6 Å². The Bertz CT molecular complexity index is 1130. The molecule has 0 N–H and O–H groups in total. The summed E-state index contributed by atoms with van der Waals surface area (Å²) in [6, 6.07) is 6.61. The van der Waals surface area contributed by atoms with Crippen molar-refractivity contribution in [1.29, 1.82) is 0 Å². The van der Waals surface area contributed by atoms with Crippen molar-refractivity contribution in [3.05, 3.63) is 40.7 Å². The third-order valence-corrected chi connectivity index (χ3v) is 7.10. The number of fused-ring (bicyclic) bond motifs is 3. The monoisotopic (exact) mass is 455 g/mol. The van der Waals surface area contributed by atoms with E-state index < -0.39 is 6.04 Å². The molecule has 2 aromatic rings. The molecule has 3 aliphatic heterocycles. The molecule has 2 saturated heterocycles. The van der Waals surface area contributed by atoms with Crippen LogP contribution < -0.4 is 4.57 Å². The third kappa shape index (κ3) is 3.24. The van der Waals surface area contributed by atoms with E-state index in [9.17, 15) is 9.59 Å². The number of benzene rings is 1. The van der Waals surface area contributed by atoms with E-state index >= 15 is 0 Å². The number of carbonyl (C=O) groups excluding carboxylic acids is 2. The minimum absolute atomic E-state index is 0.209. The number of piperidine rings is 1. The van der Waals surface area contributed by atoms with Gasteiger partial charge in [0, 0.05) is 25.2 Å². The van der Waals surface area contributed by atoms with Crippen LogP contribution in [0.15, 0.2) is 29.3 Å². The zero-order chi connectivity index (χ0) is 22.6. The van der Waals surface area contributed by atoms with Gasteiger partial charge in [0.05, 0.1) is 0 Å². The lowest BCUT2D eigenvalue weighted by molar-refractivity contribution is -0.682. The number of hydrogen-bond acceptors (Lipinski definition) is 4. The number of likely N-dealkylation sites (N-methyl/N-ethyl adjacent to an activating group) is 1. The van der Waals surface area contributed by atoms with E-state index in [4.69, 9.17) is 16.6 Å². The molecule has 3 amide bonds. The quantitative estimate of drug-likeness (QED) is 0.666. The predicted octanol–water partition coefficient (Wildman–Crippen LogP) is 3.00. The lowest BCUT2D eigenvalue weighted by atomic mass is 10.1. The second-order valence-electron chi connectivity index (χ2n) is 8.76. The van der Waals surface area contributed by atoms with Crippen LogP contribution in [-0.2, 0) is 4.79 Å². The van der Waals surface area contributed by atoms with Gasteiger partial charge >= 0.3 is 12.0 Å². The van der Waals surface area contributed by atoms with Gasteiger partial charge in [-0.05, 0) is 58.0 Å². The first-order chi connectivity index (χ1) is 15.4. The van der Waals surface area contributed by atoms with E-state index in [1.165, 1.54) is 29.1 Å². The number of likely N-dealkylation sites (tertiary alicyclic amines) is 1. The largest absolute Gasteiger partial charge is 0.407 e. The molecule has 0 saturated carbocycles. The molecule has 2 fully saturated rings. The number of halogens is 1. The fraction of sp³-hybridized carbons (Fsp3) is 0.478.